The highest BCUT2D eigenvalue weighted by molar-refractivity contribution is 6.07. The highest BCUT2D eigenvalue weighted by atomic mass is 16.5. The summed E-state index contributed by atoms with van der Waals surface area (Å²) < 4.78 is 10.2. The summed E-state index contributed by atoms with van der Waals surface area (Å²) in [5.74, 6) is -1.60. The van der Waals surface area contributed by atoms with Gasteiger partial charge in [0.05, 0.1) is 17.5 Å². The fourth-order valence-corrected chi connectivity index (χ4v) is 3.03. The van der Waals surface area contributed by atoms with Crippen molar-refractivity contribution in [3.05, 3.63) is 96.4 Å². The third-order valence-electron chi connectivity index (χ3n) is 4.51. The largest absolute Gasteiger partial charge is 0.459 e. The molecule has 0 unspecified atom stereocenters. The molecule has 7 nitrogen and oxygen atoms in total. The van der Waals surface area contributed by atoms with Gasteiger partial charge >= 0.3 is 5.97 Å². The Kier molecular flexibility index (Phi) is 5.75. The molecule has 0 aliphatic heterocycles. The summed E-state index contributed by atoms with van der Waals surface area (Å²) in [7, 11) is 0. The van der Waals surface area contributed by atoms with E-state index in [0.29, 0.717) is 5.69 Å². The summed E-state index contributed by atoms with van der Waals surface area (Å²) in [4.78, 5) is 36.9. The molecule has 0 spiro atoms. The van der Waals surface area contributed by atoms with Gasteiger partial charge in [-0.1, -0.05) is 42.5 Å². The van der Waals surface area contributed by atoms with Crippen LogP contribution in [0.2, 0.25) is 0 Å². The van der Waals surface area contributed by atoms with Crippen LogP contribution in [0.3, 0.4) is 0 Å². The molecule has 4 rings (SSSR count). The van der Waals surface area contributed by atoms with E-state index in [1.165, 1.54) is 18.4 Å². The Morgan fingerprint density at radius 3 is 2.39 bits per heavy atom. The number of hydrogen-bond acceptors (Lipinski definition) is 5. The molecule has 0 atom stereocenters. The Morgan fingerprint density at radius 1 is 0.806 bits per heavy atom. The zero-order valence-electron chi connectivity index (χ0n) is 16.3. The number of amides is 2. The molecule has 154 valence electrons. The van der Waals surface area contributed by atoms with Gasteiger partial charge in [-0.25, -0.2) is 4.79 Å². The Balaban J connectivity index is 1.38. The summed E-state index contributed by atoms with van der Waals surface area (Å²) in [6.45, 7) is -0.466. The summed E-state index contributed by atoms with van der Waals surface area (Å²) in [5, 5.41) is 7.35. The third-order valence-corrected chi connectivity index (χ3v) is 4.51. The molecule has 1 aromatic heterocycles. The van der Waals surface area contributed by atoms with E-state index in [1.807, 2.05) is 36.4 Å². The van der Waals surface area contributed by atoms with Crippen LogP contribution in [0.25, 0.3) is 10.8 Å². The quantitative estimate of drug-likeness (QED) is 0.453. The first-order valence-electron chi connectivity index (χ1n) is 9.50. The second-order valence-electron chi connectivity index (χ2n) is 6.66. The Bertz CT molecular complexity index is 1250. The van der Waals surface area contributed by atoms with E-state index >= 15 is 0 Å². The Labute approximate surface area is 177 Å². The second kappa shape index (κ2) is 8.96. The van der Waals surface area contributed by atoms with Crippen LogP contribution in [0.1, 0.15) is 20.9 Å². The van der Waals surface area contributed by atoms with Crippen LogP contribution < -0.4 is 10.6 Å². The lowest BCUT2D eigenvalue weighted by molar-refractivity contribution is -0.119. The van der Waals surface area contributed by atoms with E-state index in [1.54, 1.807) is 30.3 Å². The number of esters is 1. The molecular weight excluding hydrogens is 396 g/mol. The molecule has 1 heterocycles. The van der Waals surface area contributed by atoms with Crippen molar-refractivity contribution in [3.8, 4) is 0 Å². The van der Waals surface area contributed by atoms with Gasteiger partial charge in [0.2, 0.25) is 0 Å². The highest BCUT2D eigenvalue weighted by Crippen LogP contribution is 2.20. The van der Waals surface area contributed by atoms with E-state index in [-0.39, 0.29) is 17.0 Å². The highest BCUT2D eigenvalue weighted by Gasteiger charge is 2.17. The molecule has 0 radical (unpaired) electrons. The Morgan fingerprint density at radius 2 is 1.58 bits per heavy atom. The lowest BCUT2D eigenvalue weighted by Gasteiger charge is -2.11. The average molecular weight is 414 g/mol. The number of ether oxygens (including phenoxy) is 1. The van der Waals surface area contributed by atoms with Gasteiger partial charge in [0, 0.05) is 5.69 Å². The topological polar surface area (TPSA) is 97.6 Å². The normalized spacial score (nSPS) is 10.5. The van der Waals surface area contributed by atoms with Crippen molar-refractivity contribution < 1.29 is 23.5 Å². The minimum Gasteiger partial charge on any atom is -0.459 e. The summed E-state index contributed by atoms with van der Waals surface area (Å²) in [5.41, 5.74) is 0.982. The molecule has 7 heteroatoms. The standard InChI is InChI=1S/C24H18N2O5/c27-22(25-18-12-11-16-6-1-2-7-17(16)14-18)15-31-24(29)19-8-3-4-9-20(19)26-23(28)21-10-5-13-30-21/h1-14H,15H2,(H,25,27)(H,26,28). The van der Waals surface area contributed by atoms with Crippen LogP contribution in [0.5, 0.6) is 0 Å². The van der Waals surface area contributed by atoms with Crippen molar-refractivity contribution in [1.29, 1.82) is 0 Å². The fraction of sp³-hybridized carbons (Fsp3) is 0.0417. The van der Waals surface area contributed by atoms with Gasteiger partial charge in [-0.2, -0.15) is 0 Å². The lowest BCUT2D eigenvalue weighted by atomic mass is 10.1. The molecule has 0 fully saturated rings. The number of nitrogens with one attached hydrogen (secondary N) is 2. The first-order valence-corrected chi connectivity index (χ1v) is 9.50. The number of anilines is 2. The van der Waals surface area contributed by atoms with Gasteiger partial charge in [-0.3, -0.25) is 9.59 Å². The predicted molar refractivity (Wildman–Crippen MR) is 116 cm³/mol. The van der Waals surface area contributed by atoms with E-state index < -0.39 is 24.4 Å². The van der Waals surface area contributed by atoms with Crippen LogP contribution in [0.15, 0.2) is 89.5 Å². The molecule has 0 aliphatic rings. The van der Waals surface area contributed by atoms with Gasteiger partial charge in [0.15, 0.2) is 12.4 Å². The number of furan rings is 1. The number of fused-ring (bicyclic) bond motifs is 1. The number of carbonyl (C=O) groups excluding carboxylic acids is 3. The molecule has 0 saturated heterocycles. The van der Waals surface area contributed by atoms with Gasteiger partial charge in [0.25, 0.3) is 11.8 Å². The zero-order chi connectivity index (χ0) is 21.6. The second-order valence-corrected chi connectivity index (χ2v) is 6.66. The molecule has 31 heavy (non-hydrogen) atoms. The van der Waals surface area contributed by atoms with Crippen LogP contribution in [-0.2, 0) is 9.53 Å². The summed E-state index contributed by atoms with van der Waals surface area (Å²) in [6.07, 6.45) is 1.38. The number of hydrogen-bond donors (Lipinski definition) is 2. The maximum atomic E-state index is 12.5. The first kappa shape index (κ1) is 19.9. The van der Waals surface area contributed by atoms with Gasteiger partial charge in [0.1, 0.15) is 0 Å². The summed E-state index contributed by atoms with van der Waals surface area (Å²) >= 11 is 0. The van der Waals surface area contributed by atoms with Crippen LogP contribution in [0.4, 0.5) is 11.4 Å². The van der Waals surface area contributed by atoms with Crippen LogP contribution >= 0.6 is 0 Å². The molecule has 3 aromatic carbocycles. The molecule has 4 aromatic rings. The lowest BCUT2D eigenvalue weighted by Crippen LogP contribution is -2.22. The SMILES string of the molecule is O=C(COC(=O)c1ccccc1NC(=O)c1ccco1)Nc1ccc2ccccc2c1. The van der Waals surface area contributed by atoms with Crippen molar-refractivity contribution in [3.63, 3.8) is 0 Å². The van der Waals surface area contributed by atoms with E-state index in [9.17, 15) is 14.4 Å². The minimum atomic E-state index is -0.732. The zero-order valence-corrected chi connectivity index (χ0v) is 16.3. The number of carbonyl (C=O) groups is 3. The average Bonchev–Trinajstić information content (AvgIpc) is 3.33. The molecular formula is C24H18N2O5. The maximum absolute atomic E-state index is 12.5. The summed E-state index contributed by atoms with van der Waals surface area (Å²) in [6, 6.07) is 22.8. The van der Waals surface area contributed by atoms with E-state index in [0.717, 1.165) is 10.8 Å². The van der Waals surface area contributed by atoms with Crippen LogP contribution in [0, 0.1) is 0 Å². The monoisotopic (exact) mass is 414 g/mol. The number of benzene rings is 3. The fourth-order valence-electron chi connectivity index (χ4n) is 3.03. The van der Waals surface area contributed by atoms with E-state index in [2.05, 4.69) is 10.6 Å². The molecule has 2 N–H and O–H groups in total. The van der Waals surface area contributed by atoms with E-state index in [4.69, 9.17) is 9.15 Å². The third kappa shape index (κ3) is 4.79. The van der Waals surface area contributed by atoms with Gasteiger partial charge in [-0.15, -0.1) is 0 Å². The molecule has 0 saturated carbocycles. The molecule has 2 amide bonds. The maximum Gasteiger partial charge on any atom is 0.340 e. The van der Waals surface area contributed by atoms with Crippen molar-refractivity contribution in [2.75, 3.05) is 17.2 Å². The van der Waals surface area contributed by atoms with Gasteiger partial charge < -0.3 is 19.8 Å². The van der Waals surface area contributed by atoms with Crippen LogP contribution in [-0.4, -0.2) is 24.4 Å². The Hall–Kier alpha value is -4.39. The minimum absolute atomic E-state index is 0.109. The number of rotatable bonds is 6. The molecule has 0 aliphatic carbocycles. The van der Waals surface area contributed by atoms with Crippen molar-refractivity contribution in [1.82, 2.24) is 0 Å². The van der Waals surface area contributed by atoms with Gasteiger partial charge in [-0.05, 0) is 47.2 Å². The smallest absolute Gasteiger partial charge is 0.340 e. The molecule has 0 bridgehead atoms. The van der Waals surface area contributed by atoms with Crippen molar-refractivity contribution in [2.24, 2.45) is 0 Å². The first-order chi connectivity index (χ1) is 15.1. The number of para-hydroxylation sites is 1. The van der Waals surface area contributed by atoms with Crippen molar-refractivity contribution >= 4 is 39.9 Å². The predicted octanol–water partition coefficient (Wildman–Crippen LogP) is 4.48. The van der Waals surface area contributed by atoms with Crippen molar-refractivity contribution in [2.45, 2.75) is 0 Å².